The molecule has 1 aliphatic rings. The van der Waals surface area contributed by atoms with Gasteiger partial charge in [-0.1, -0.05) is 36.4 Å². The smallest absolute Gasteiger partial charge is 0.244 e. The molecule has 1 heterocycles. The van der Waals surface area contributed by atoms with E-state index in [0.29, 0.717) is 18.0 Å². The number of amides is 1. The molecule has 0 radical (unpaired) electrons. The van der Waals surface area contributed by atoms with Crippen LogP contribution in [0.4, 0.5) is 0 Å². The summed E-state index contributed by atoms with van der Waals surface area (Å²) in [4.78, 5) is 15.0. The molecule has 1 saturated heterocycles. The van der Waals surface area contributed by atoms with Crippen molar-refractivity contribution in [3.8, 4) is 11.5 Å². The van der Waals surface area contributed by atoms with Gasteiger partial charge in [0.2, 0.25) is 5.91 Å². The Hall–Kier alpha value is -2.53. The van der Waals surface area contributed by atoms with Crippen LogP contribution >= 0.6 is 0 Å². The van der Waals surface area contributed by atoms with Crippen LogP contribution < -0.4 is 14.8 Å². The zero-order chi connectivity index (χ0) is 18.4. The number of ether oxygens (including phenoxy) is 2. The Morgan fingerprint density at radius 1 is 1.04 bits per heavy atom. The van der Waals surface area contributed by atoms with Crippen LogP contribution in [0.3, 0.4) is 0 Å². The van der Waals surface area contributed by atoms with Crippen molar-refractivity contribution >= 4 is 5.91 Å². The van der Waals surface area contributed by atoms with Gasteiger partial charge in [0.15, 0.2) is 11.5 Å². The first-order chi connectivity index (χ1) is 12.7. The number of carbonyl (C=O) groups is 1. The zero-order valence-corrected chi connectivity index (χ0v) is 15.4. The van der Waals surface area contributed by atoms with E-state index in [-0.39, 0.29) is 11.9 Å². The van der Waals surface area contributed by atoms with Crippen LogP contribution in [0.5, 0.6) is 11.5 Å². The molecule has 0 aromatic heterocycles. The molecule has 0 aliphatic carbocycles. The Kier molecular flexibility index (Phi) is 6.12. The third kappa shape index (κ3) is 4.17. The first-order valence-corrected chi connectivity index (χ1v) is 9.01. The summed E-state index contributed by atoms with van der Waals surface area (Å²) in [6.45, 7) is 2.26. The van der Waals surface area contributed by atoms with E-state index in [9.17, 15) is 4.79 Å². The minimum absolute atomic E-state index is 0.147. The van der Waals surface area contributed by atoms with Crippen LogP contribution in [0.15, 0.2) is 48.5 Å². The molecule has 0 spiro atoms. The number of benzene rings is 2. The van der Waals surface area contributed by atoms with Gasteiger partial charge in [0.05, 0.1) is 14.2 Å². The number of carbonyl (C=O) groups excluding carboxylic acids is 1. The average molecular weight is 354 g/mol. The molecular weight excluding hydrogens is 328 g/mol. The van der Waals surface area contributed by atoms with Crippen molar-refractivity contribution in [2.75, 3.05) is 27.3 Å². The van der Waals surface area contributed by atoms with Gasteiger partial charge in [-0.3, -0.25) is 10.1 Å². The number of hydrogen-bond donors (Lipinski definition) is 1. The minimum Gasteiger partial charge on any atom is -0.493 e. The van der Waals surface area contributed by atoms with Crippen molar-refractivity contribution in [1.29, 1.82) is 0 Å². The molecule has 26 heavy (non-hydrogen) atoms. The fourth-order valence-electron chi connectivity index (χ4n) is 3.32. The molecule has 0 bridgehead atoms. The number of likely N-dealkylation sites (tertiary alicyclic amines) is 1. The molecule has 1 amide bonds. The van der Waals surface area contributed by atoms with Gasteiger partial charge < -0.3 is 14.4 Å². The van der Waals surface area contributed by atoms with Gasteiger partial charge in [0.1, 0.15) is 6.04 Å². The van der Waals surface area contributed by atoms with E-state index in [4.69, 9.17) is 9.47 Å². The topological polar surface area (TPSA) is 50.8 Å². The van der Waals surface area contributed by atoms with E-state index in [1.807, 2.05) is 53.4 Å². The first kappa shape index (κ1) is 18.3. The van der Waals surface area contributed by atoms with Crippen LogP contribution in [0.2, 0.25) is 0 Å². The SMILES string of the molecule is COc1ccc(CNC(C(=O)N2CCCC2)c2ccccc2)cc1OC. The highest BCUT2D eigenvalue weighted by Gasteiger charge is 2.27. The molecule has 0 saturated carbocycles. The number of rotatable bonds is 7. The number of hydrogen-bond acceptors (Lipinski definition) is 4. The van der Waals surface area contributed by atoms with Gasteiger partial charge in [-0.15, -0.1) is 0 Å². The predicted octanol–water partition coefficient (Wildman–Crippen LogP) is 3.16. The molecule has 1 N–H and O–H groups in total. The van der Waals surface area contributed by atoms with E-state index >= 15 is 0 Å². The number of methoxy groups -OCH3 is 2. The van der Waals surface area contributed by atoms with E-state index in [1.165, 1.54) is 0 Å². The average Bonchev–Trinajstić information content (AvgIpc) is 3.23. The summed E-state index contributed by atoms with van der Waals surface area (Å²) in [6, 6.07) is 15.4. The second kappa shape index (κ2) is 8.72. The maximum absolute atomic E-state index is 13.0. The fourth-order valence-corrected chi connectivity index (χ4v) is 3.32. The number of nitrogens with zero attached hydrogens (tertiary/aromatic N) is 1. The normalized spacial score (nSPS) is 14.9. The molecule has 1 unspecified atom stereocenters. The molecule has 1 atom stereocenters. The van der Waals surface area contributed by atoms with Crippen LogP contribution in [0, 0.1) is 0 Å². The number of nitrogens with one attached hydrogen (secondary N) is 1. The fraction of sp³-hybridized carbons (Fsp3) is 0.381. The highest BCUT2D eigenvalue weighted by Crippen LogP contribution is 2.28. The minimum atomic E-state index is -0.345. The van der Waals surface area contributed by atoms with Crippen molar-refractivity contribution in [3.05, 3.63) is 59.7 Å². The van der Waals surface area contributed by atoms with Gasteiger partial charge in [-0.05, 0) is 36.1 Å². The van der Waals surface area contributed by atoms with Crippen LogP contribution in [-0.4, -0.2) is 38.1 Å². The van der Waals surface area contributed by atoms with E-state index < -0.39 is 0 Å². The summed E-state index contributed by atoms with van der Waals surface area (Å²) in [7, 11) is 3.24. The van der Waals surface area contributed by atoms with Crippen LogP contribution in [0.1, 0.15) is 30.0 Å². The Morgan fingerprint density at radius 2 is 1.73 bits per heavy atom. The van der Waals surface area contributed by atoms with Gasteiger partial charge >= 0.3 is 0 Å². The summed E-state index contributed by atoms with van der Waals surface area (Å²) in [5.41, 5.74) is 2.03. The highest BCUT2D eigenvalue weighted by molar-refractivity contribution is 5.83. The molecule has 1 fully saturated rings. The lowest BCUT2D eigenvalue weighted by molar-refractivity contribution is -0.132. The molecule has 3 rings (SSSR count). The Balaban J connectivity index is 1.76. The molecule has 5 heteroatoms. The maximum atomic E-state index is 13.0. The van der Waals surface area contributed by atoms with Crippen molar-refractivity contribution in [3.63, 3.8) is 0 Å². The van der Waals surface area contributed by atoms with Crippen molar-refractivity contribution in [2.45, 2.75) is 25.4 Å². The quantitative estimate of drug-likeness (QED) is 0.830. The Morgan fingerprint density at radius 3 is 2.38 bits per heavy atom. The second-order valence-electron chi connectivity index (χ2n) is 6.45. The molecule has 2 aromatic rings. The summed E-state index contributed by atoms with van der Waals surface area (Å²) in [6.07, 6.45) is 2.17. The molecule has 138 valence electrons. The monoisotopic (exact) mass is 354 g/mol. The molecular formula is C21H26N2O3. The summed E-state index contributed by atoms with van der Waals surface area (Å²) in [5.74, 6) is 1.53. The summed E-state index contributed by atoms with van der Waals surface area (Å²) < 4.78 is 10.7. The third-order valence-electron chi connectivity index (χ3n) is 4.76. The van der Waals surface area contributed by atoms with Gasteiger partial charge in [0, 0.05) is 19.6 Å². The van der Waals surface area contributed by atoms with Crippen molar-refractivity contribution in [1.82, 2.24) is 10.2 Å². The van der Waals surface area contributed by atoms with Gasteiger partial charge in [0.25, 0.3) is 0 Å². The first-order valence-electron chi connectivity index (χ1n) is 9.01. The van der Waals surface area contributed by atoms with E-state index in [0.717, 1.165) is 37.1 Å². The van der Waals surface area contributed by atoms with Crippen LogP contribution in [0.25, 0.3) is 0 Å². The molecule has 2 aromatic carbocycles. The molecule has 1 aliphatic heterocycles. The maximum Gasteiger partial charge on any atom is 0.244 e. The third-order valence-corrected chi connectivity index (χ3v) is 4.76. The zero-order valence-electron chi connectivity index (χ0n) is 15.4. The predicted molar refractivity (Wildman–Crippen MR) is 101 cm³/mol. The standard InChI is InChI=1S/C21H26N2O3/c1-25-18-11-10-16(14-19(18)26-2)15-22-20(17-8-4-3-5-9-17)21(24)23-12-6-7-13-23/h3-5,8-11,14,20,22H,6-7,12-13,15H2,1-2H3. The molecule has 5 nitrogen and oxygen atoms in total. The lowest BCUT2D eigenvalue weighted by atomic mass is 10.0. The largest absolute Gasteiger partial charge is 0.493 e. The lowest BCUT2D eigenvalue weighted by Crippen LogP contribution is -2.39. The Labute approximate surface area is 154 Å². The van der Waals surface area contributed by atoms with Crippen LogP contribution in [-0.2, 0) is 11.3 Å². The van der Waals surface area contributed by atoms with E-state index in [2.05, 4.69) is 5.32 Å². The van der Waals surface area contributed by atoms with Crippen molar-refractivity contribution in [2.24, 2.45) is 0 Å². The second-order valence-corrected chi connectivity index (χ2v) is 6.45. The summed E-state index contributed by atoms with van der Waals surface area (Å²) in [5, 5.41) is 3.43. The van der Waals surface area contributed by atoms with Crippen molar-refractivity contribution < 1.29 is 14.3 Å². The Bertz CT molecular complexity index is 727. The lowest BCUT2D eigenvalue weighted by Gasteiger charge is -2.24. The summed E-state index contributed by atoms with van der Waals surface area (Å²) >= 11 is 0. The van der Waals surface area contributed by atoms with E-state index in [1.54, 1.807) is 14.2 Å². The van der Waals surface area contributed by atoms with Gasteiger partial charge in [-0.25, -0.2) is 0 Å². The van der Waals surface area contributed by atoms with Gasteiger partial charge in [-0.2, -0.15) is 0 Å². The highest BCUT2D eigenvalue weighted by atomic mass is 16.5.